The molecule has 0 aliphatic rings. The van der Waals surface area contributed by atoms with E-state index in [1.807, 2.05) is 19.0 Å². The van der Waals surface area contributed by atoms with E-state index in [0.717, 1.165) is 6.07 Å². The van der Waals surface area contributed by atoms with Crippen molar-refractivity contribution < 1.29 is 18.1 Å². The molecule has 20 heavy (non-hydrogen) atoms. The van der Waals surface area contributed by atoms with E-state index in [0.29, 0.717) is 12.1 Å². The summed E-state index contributed by atoms with van der Waals surface area (Å²) in [5.41, 5.74) is -0.115. The first-order valence-corrected chi connectivity index (χ1v) is 7.27. The molecule has 1 aromatic carbocycles. The van der Waals surface area contributed by atoms with Crippen LogP contribution in [0.3, 0.4) is 0 Å². The Morgan fingerprint density at radius 3 is 2.45 bits per heavy atom. The van der Waals surface area contributed by atoms with E-state index in [2.05, 4.69) is 0 Å². The van der Waals surface area contributed by atoms with Crippen molar-refractivity contribution in [2.75, 3.05) is 27.2 Å². The lowest BCUT2D eigenvalue weighted by molar-refractivity contribution is -0.386. The average Bonchev–Trinajstić information content (AvgIpc) is 2.26. The minimum absolute atomic E-state index is 0.0294. The van der Waals surface area contributed by atoms with Crippen molar-refractivity contribution in [3.05, 3.63) is 27.8 Å². The number of hydrogen-bond donors (Lipinski definition) is 1. The maximum absolute atomic E-state index is 11.4. The predicted molar refractivity (Wildman–Crippen MR) is 73.3 cm³/mol. The molecule has 9 heteroatoms. The van der Waals surface area contributed by atoms with Gasteiger partial charge in [0.05, 0.1) is 9.82 Å². The molecule has 0 amide bonds. The maximum atomic E-state index is 11.4. The van der Waals surface area contributed by atoms with Crippen molar-refractivity contribution in [3.8, 4) is 5.75 Å². The fourth-order valence-corrected chi connectivity index (χ4v) is 2.34. The summed E-state index contributed by atoms with van der Waals surface area (Å²) in [5.74, 6) is 0.0294. The number of nitrogens with two attached hydrogens (primary N) is 1. The monoisotopic (exact) mass is 303 g/mol. The van der Waals surface area contributed by atoms with Gasteiger partial charge in [-0.25, -0.2) is 13.6 Å². The molecule has 2 N–H and O–H groups in total. The van der Waals surface area contributed by atoms with Crippen molar-refractivity contribution in [3.63, 3.8) is 0 Å². The molecule has 1 rings (SSSR count). The van der Waals surface area contributed by atoms with Gasteiger partial charge in [0.15, 0.2) is 5.75 Å². The van der Waals surface area contributed by atoms with Gasteiger partial charge < -0.3 is 9.64 Å². The van der Waals surface area contributed by atoms with Crippen LogP contribution in [0.25, 0.3) is 0 Å². The number of nitro benzene ring substituents is 1. The largest absolute Gasteiger partial charge is 0.485 e. The van der Waals surface area contributed by atoms with E-state index in [4.69, 9.17) is 9.88 Å². The van der Waals surface area contributed by atoms with E-state index in [9.17, 15) is 18.5 Å². The number of nitrogens with zero attached hydrogens (tertiary/aromatic N) is 2. The summed E-state index contributed by atoms with van der Waals surface area (Å²) in [7, 11) is -0.328. The summed E-state index contributed by atoms with van der Waals surface area (Å²) >= 11 is 0. The van der Waals surface area contributed by atoms with Gasteiger partial charge in [0, 0.05) is 12.6 Å². The number of ether oxygens (including phenoxy) is 1. The Hall–Kier alpha value is -1.71. The van der Waals surface area contributed by atoms with Gasteiger partial charge in [0.2, 0.25) is 10.0 Å². The number of sulfonamides is 1. The average molecular weight is 303 g/mol. The summed E-state index contributed by atoms with van der Waals surface area (Å²) < 4.78 is 28.0. The molecule has 0 saturated heterocycles. The number of hydrogen-bond acceptors (Lipinski definition) is 6. The Morgan fingerprint density at radius 2 is 2.00 bits per heavy atom. The number of primary sulfonamides is 1. The van der Waals surface area contributed by atoms with Crippen molar-refractivity contribution in [2.45, 2.75) is 11.8 Å². The molecule has 0 radical (unpaired) electrons. The highest BCUT2D eigenvalue weighted by Gasteiger charge is 2.22. The number of aryl methyl sites for hydroxylation is 1. The molecule has 0 fully saturated rings. The van der Waals surface area contributed by atoms with Gasteiger partial charge in [-0.1, -0.05) is 0 Å². The van der Waals surface area contributed by atoms with Crippen LogP contribution in [0.5, 0.6) is 5.75 Å². The molecule has 0 heterocycles. The molecule has 112 valence electrons. The smallest absolute Gasteiger partial charge is 0.312 e. The standard InChI is InChI=1S/C11H17N3O5S/c1-8-6-10(19-5-4-13(2)3)9(14(15)16)7-11(8)20(12,17)18/h6-7H,4-5H2,1-3H3,(H2,12,17,18). The first-order valence-electron chi connectivity index (χ1n) is 5.72. The van der Waals surface area contributed by atoms with Gasteiger partial charge >= 0.3 is 5.69 Å². The van der Waals surface area contributed by atoms with E-state index < -0.39 is 20.6 Å². The Morgan fingerprint density at radius 1 is 1.40 bits per heavy atom. The minimum Gasteiger partial charge on any atom is -0.485 e. The van der Waals surface area contributed by atoms with E-state index >= 15 is 0 Å². The Balaban J connectivity index is 3.19. The van der Waals surface area contributed by atoms with Crippen molar-refractivity contribution in [2.24, 2.45) is 5.14 Å². The van der Waals surface area contributed by atoms with Gasteiger partial charge in [-0.3, -0.25) is 10.1 Å². The zero-order valence-corrected chi connectivity index (χ0v) is 12.3. The molecule has 0 unspecified atom stereocenters. The molecule has 0 aliphatic heterocycles. The third-order valence-electron chi connectivity index (χ3n) is 2.56. The summed E-state index contributed by atoms with van der Waals surface area (Å²) in [6, 6.07) is 2.24. The molecule has 1 aromatic rings. The highest BCUT2D eigenvalue weighted by molar-refractivity contribution is 7.89. The molecule has 8 nitrogen and oxygen atoms in total. The van der Waals surface area contributed by atoms with Crippen LogP contribution < -0.4 is 9.88 Å². The third-order valence-corrected chi connectivity index (χ3v) is 3.61. The number of nitro groups is 1. The topological polar surface area (TPSA) is 116 Å². The van der Waals surface area contributed by atoms with Crippen molar-refractivity contribution in [1.29, 1.82) is 0 Å². The highest BCUT2D eigenvalue weighted by Crippen LogP contribution is 2.32. The van der Waals surface area contributed by atoms with Gasteiger partial charge in [0.1, 0.15) is 6.61 Å². The lowest BCUT2D eigenvalue weighted by Gasteiger charge is -2.12. The fraction of sp³-hybridized carbons (Fsp3) is 0.455. The summed E-state index contributed by atoms with van der Waals surface area (Å²) in [6.07, 6.45) is 0. The Kier molecular flexibility index (Phi) is 5.03. The molecule has 0 saturated carbocycles. The highest BCUT2D eigenvalue weighted by atomic mass is 32.2. The van der Waals surface area contributed by atoms with Gasteiger partial charge in [-0.05, 0) is 32.6 Å². The molecular weight excluding hydrogens is 286 g/mol. The maximum Gasteiger partial charge on any atom is 0.312 e. The second kappa shape index (κ2) is 6.16. The third kappa shape index (κ3) is 4.15. The van der Waals surface area contributed by atoms with Crippen LogP contribution in [0.4, 0.5) is 5.69 Å². The lowest BCUT2D eigenvalue weighted by Crippen LogP contribution is -2.20. The van der Waals surface area contributed by atoms with Crippen LogP contribution >= 0.6 is 0 Å². The van der Waals surface area contributed by atoms with Crippen LogP contribution in [0, 0.1) is 17.0 Å². The molecule has 0 atom stereocenters. The molecule has 0 aromatic heterocycles. The molecular formula is C11H17N3O5S. The molecule has 0 spiro atoms. The van der Waals surface area contributed by atoms with Gasteiger partial charge in [-0.15, -0.1) is 0 Å². The van der Waals surface area contributed by atoms with E-state index in [-0.39, 0.29) is 17.3 Å². The van der Waals surface area contributed by atoms with E-state index in [1.54, 1.807) is 0 Å². The lowest BCUT2D eigenvalue weighted by atomic mass is 10.2. The van der Waals surface area contributed by atoms with Crippen molar-refractivity contribution >= 4 is 15.7 Å². The normalized spacial score (nSPS) is 11.7. The Bertz CT molecular complexity index is 613. The number of rotatable bonds is 6. The minimum atomic E-state index is -4.01. The van der Waals surface area contributed by atoms with Crippen LogP contribution in [0.2, 0.25) is 0 Å². The fourth-order valence-electron chi connectivity index (χ4n) is 1.55. The van der Waals surface area contributed by atoms with Crippen LogP contribution in [-0.4, -0.2) is 45.5 Å². The number of benzene rings is 1. The summed E-state index contributed by atoms with van der Waals surface area (Å²) in [6.45, 7) is 2.33. The summed E-state index contributed by atoms with van der Waals surface area (Å²) in [4.78, 5) is 11.9. The quantitative estimate of drug-likeness (QED) is 0.604. The van der Waals surface area contributed by atoms with E-state index in [1.165, 1.54) is 13.0 Å². The second-order valence-electron chi connectivity index (χ2n) is 4.54. The number of likely N-dealkylation sites (N-methyl/N-ethyl adjacent to an activating group) is 1. The van der Waals surface area contributed by atoms with Crippen molar-refractivity contribution in [1.82, 2.24) is 4.90 Å². The second-order valence-corrected chi connectivity index (χ2v) is 6.07. The molecule has 0 bridgehead atoms. The predicted octanol–water partition coefficient (Wildman–Crippen LogP) is 0.491. The Labute approximate surface area is 117 Å². The first kappa shape index (κ1) is 16.3. The van der Waals surface area contributed by atoms with Gasteiger partial charge in [0.25, 0.3) is 0 Å². The van der Waals surface area contributed by atoms with Crippen LogP contribution in [0.15, 0.2) is 17.0 Å². The summed E-state index contributed by atoms with van der Waals surface area (Å²) in [5, 5.41) is 16.0. The molecule has 0 aliphatic carbocycles. The van der Waals surface area contributed by atoms with Gasteiger partial charge in [-0.2, -0.15) is 0 Å². The van der Waals surface area contributed by atoms with Crippen LogP contribution in [-0.2, 0) is 10.0 Å². The first-order chi connectivity index (χ1) is 9.12. The van der Waals surface area contributed by atoms with Crippen LogP contribution in [0.1, 0.15) is 5.56 Å². The SMILES string of the molecule is Cc1cc(OCCN(C)C)c([N+](=O)[O-])cc1S(N)(=O)=O. The zero-order chi connectivity index (χ0) is 15.5. The zero-order valence-electron chi connectivity index (χ0n) is 11.5.